The van der Waals surface area contributed by atoms with Crippen LogP contribution in [0.25, 0.3) is 0 Å². The van der Waals surface area contributed by atoms with Crippen LogP contribution in [0.3, 0.4) is 0 Å². The second-order valence-electron chi connectivity index (χ2n) is 31.2. The maximum atomic E-state index is 7.74. The summed E-state index contributed by atoms with van der Waals surface area (Å²) in [4.78, 5) is 0. The van der Waals surface area contributed by atoms with Gasteiger partial charge in [-0.25, -0.2) is 0 Å². The van der Waals surface area contributed by atoms with Crippen molar-refractivity contribution >= 4 is 17.2 Å². The van der Waals surface area contributed by atoms with Crippen molar-refractivity contribution in [3.05, 3.63) is 0 Å². The Labute approximate surface area is 445 Å². The minimum atomic E-state index is -1.66. The van der Waals surface area contributed by atoms with Crippen molar-refractivity contribution in [1.82, 2.24) is 0 Å². The number of hydrogen-bond donors (Lipinski definition) is 0. The first kappa shape index (κ1) is 58.7. The number of hydrogen-bond acceptors (Lipinski definition) is 8. The minimum Gasteiger partial charge on any atom is -0.381 e. The summed E-state index contributed by atoms with van der Waals surface area (Å²) in [6, 6.07) is 0. The molecule has 2 aliphatic heterocycles. The van der Waals surface area contributed by atoms with E-state index in [2.05, 4.69) is 138 Å². The monoisotopic (exact) mass is 1050 g/mol. The molecule has 8 fully saturated rings. The molecule has 0 spiro atoms. The molecule has 8 rings (SSSR count). The van der Waals surface area contributed by atoms with Gasteiger partial charge in [-0.3, -0.25) is 0 Å². The van der Waals surface area contributed by atoms with Gasteiger partial charge in [-0.05, 0) is 192 Å². The molecule has 6 aliphatic carbocycles. The predicted octanol–water partition coefficient (Wildman–Crippen LogP) is 17.2. The van der Waals surface area contributed by atoms with Crippen LogP contribution in [0.2, 0.25) is 0 Å². The summed E-state index contributed by atoms with van der Waals surface area (Å²) in [6.45, 7) is 49.7. The average molecular weight is 1050 g/mol. The second-order valence-corrected chi connectivity index (χ2v) is 33.3. The Morgan fingerprint density at radius 3 is 0.792 bits per heavy atom. The zero-order chi connectivity index (χ0) is 52.9. The molecule has 2 saturated heterocycles. The Bertz CT molecular complexity index is 1550. The van der Waals surface area contributed by atoms with E-state index in [1.165, 1.54) is 25.7 Å². The second kappa shape index (κ2) is 22.2. The summed E-state index contributed by atoms with van der Waals surface area (Å²) in [6.07, 6.45) is 10.9. The van der Waals surface area contributed by atoms with Gasteiger partial charge in [0.1, 0.15) is 0 Å². The van der Waals surface area contributed by atoms with E-state index in [9.17, 15) is 0 Å². The average Bonchev–Trinajstić information content (AvgIpc) is 3.56. The van der Waals surface area contributed by atoms with Crippen LogP contribution in [0.15, 0.2) is 0 Å². The van der Waals surface area contributed by atoms with Crippen molar-refractivity contribution in [1.29, 1.82) is 0 Å². The first-order valence-corrected chi connectivity index (χ1v) is 32.3. The molecule has 22 unspecified atom stereocenters. The third-order valence-electron chi connectivity index (χ3n) is 23.0. The van der Waals surface area contributed by atoms with Crippen molar-refractivity contribution in [2.24, 2.45) is 128 Å². The fourth-order valence-corrected chi connectivity index (χ4v) is 20.9. The smallest absolute Gasteiger partial charge is 0.333 e. The largest absolute Gasteiger partial charge is 0.381 e. The Morgan fingerprint density at radius 2 is 0.583 bits per heavy atom. The Balaban J connectivity index is 1.16. The number of ether oxygens (including phenoxy) is 2. The van der Waals surface area contributed by atoms with Crippen LogP contribution in [0.4, 0.5) is 0 Å². The van der Waals surface area contributed by atoms with Crippen LogP contribution < -0.4 is 0 Å². The third-order valence-corrected chi connectivity index (χ3v) is 25.6. The normalized spacial score (nSPS) is 50.9. The van der Waals surface area contributed by atoms with E-state index in [1.807, 2.05) is 14.2 Å². The molecule has 418 valence electrons. The molecule has 0 N–H and O–H groups in total. The SMILES string of the molecule is COC1CCC(OP2OC3C(C4C(C)C(C)C[C@@H](C(C)(C)C)C4O2)[C@H](C)[C@H](C)CC3C(C)(C)C)C(C2CC(OC)CCC2OP2OC3C(C4C(C)C(C)C[C@@H](C(C)(C)C)C4O2)[C@H](C)[C@H](C)CC3C(C)(C)C)C1. The predicted molar refractivity (Wildman–Crippen MR) is 297 cm³/mol. The lowest BCUT2D eigenvalue weighted by atomic mass is 9.51. The molecule has 0 bridgehead atoms. The summed E-state index contributed by atoms with van der Waals surface area (Å²) in [5.74, 6) is 8.38. The fraction of sp³-hybridized carbons (Fsp3) is 1.00. The van der Waals surface area contributed by atoms with Gasteiger partial charge >= 0.3 is 17.2 Å². The Morgan fingerprint density at radius 1 is 0.347 bits per heavy atom. The molecule has 0 aromatic rings. The number of rotatable bonds is 7. The molecule has 8 aliphatic rings. The minimum absolute atomic E-state index is 0.0559. The highest BCUT2D eigenvalue weighted by molar-refractivity contribution is 7.42. The van der Waals surface area contributed by atoms with E-state index in [-0.39, 0.29) is 82.3 Å². The van der Waals surface area contributed by atoms with Crippen LogP contribution in [0.5, 0.6) is 0 Å². The standard InChI is InChI=1S/C62H112O8P2/c1-33-27-45(59(9,10)11)55-51(37(33)5)52-38(6)34(2)28-46(60(12,13)14)56(52)68-71(67-55)65-49-25-23-41(63-21)31-43(49)44-32-42(64-22)24-26-50(44)66-72-69-57-47(61(15,16)17)29-35(3)39(7)53(57)54-40(8)36(4)30-48(58(54)70-72)62(18,19)20/h33-58H,23-32H2,1-22H3/t33-,34?,35-,36?,37-,38?,39-,40?,41?,42?,43?,44?,45?,46-,47?,48-,49?,50?,51?,52?,53?,54?,55?,56?,57?,58?,71?,72?/m1/s1. The van der Waals surface area contributed by atoms with Gasteiger partial charge in [-0.1, -0.05) is 138 Å². The van der Waals surface area contributed by atoms with Gasteiger partial charge in [0.05, 0.1) is 48.8 Å². The van der Waals surface area contributed by atoms with E-state index in [0.717, 1.165) is 38.5 Å². The van der Waals surface area contributed by atoms with Gasteiger partial charge < -0.3 is 36.6 Å². The van der Waals surface area contributed by atoms with Crippen LogP contribution in [-0.4, -0.2) is 63.1 Å². The third kappa shape index (κ3) is 11.7. The van der Waals surface area contributed by atoms with E-state index in [0.29, 0.717) is 94.7 Å². The van der Waals surface area contributed by atoms with Crippen LogP contribution in [-0.2, 0) is 36.6 Å². The summed E-state index contributed by atoms with van der Waals surface area (Å²) in [7, 11) is 0.493. The highest BCUT2D eigenvalue weighted by Gasteiger charge is 2.62. The molecule has 28 atom stereocenters. The summed E-state index contributed by atoms with van der Waals surface area (Å²) in [5, 5.41) is 0. The molecule has 0 radical (unpaired) electrons. The molecule has 0 amide bonds. The van der Waals surface area contributed by atoms with Crippen LogP contribution >= 0.6 is 17.2 Å². The molecule has 2 heterocycles. The number of fused-ring (bicyclic) bond motifs is 6. The molecule has 0 aromatic carbocycles. The molecular formula is C62H112O8P2. The maximum Gasteiger partial charge on any atom is 0.333 e. The van der Waals surface area contributed by atoms with Crippen molar-refractivity contribution in [2.75, 3.05) is 14.2 Å². The van der Waals surface area contributed by atoms with E-state index in [1.54, 1.807) is 0 Å². The van der Waals surface area contributed by atoms with E-state index in [4.69, 9.17) is 36.6 Å². The quantitative estimate of drug-likeness (QED) is 0.234. The molecule has 0 aromatic heterocycles. The van der Waals surface area contributed by atoms with Gasteiger partial charge in [0.15, 0.2) is 0 Å². The zero-order valence-corrected chi connectivity index (χ0v) is 52.0. The number of methoxy groups -OCH3 is 2. The molecular weight excluding hydrogens is 935 g/mol. The summed E-state index contributed by atoms with van der Waals surface area (Å²) < 4.78 is 59.0. The first-order valence-electron chi connectivity index (χ1n) is 30.1. The Kier molecular flexibility index (Phi) is 18.1. The maximum absolute atomic E-state index is 7.74. The van der Waals surface area contributed by atoms with Gasteiger partial charge in [0.2, 0.25) is 0 Å². The first-order chi connectivity index (χ1) is 33.4. The lowest BCUT2D eigenvalue weighted by molar-refractivity contribution is -0.123. The van der Waals surface area contributed by atoms with Gasteiger partial charge in [0.25, 0.3) is 0 Å². The lowest BCUT2D eigenvalue weighted by Crippen LogP contribution is -2.56. The van der Waals surface area contributed by atoms with E-state index >= 15 is 0 Å². The van der Waals surface area contributed by atoms with Crippen molar-refractivity contribution in [2.45, 2.75) is 252 Å². The van der Waals surface area contributed by atoms with Gasteiger partial charge in [-0.15, -0.1) is 0 Å². The molecule has 72 heavy (non-hydrogen) atoms. The highest BCUT2D eigenvalue weighted by atomic mass is 31.2. The lowest BCUT2D eigenvalue weighted by Gasteiger charge is -2.56. The topological polar surface area (TPSA) is 73.8 Å². The molecule has 6 saturated carbocycles. The zero-order valence-electron chi connectivity index (χ0n) is 50.2. The Hall–Kier alpha value is 0.540. The van der Waals surface area contributed by atoms with Gasteiger partial charge in [0, 0.05) is 14.2 Å². The summed E-state index contributed by atoms with van der Waals surface area (Å²) in [5.41, 5.74) is 0.379. The summed E-state index contributed by atoms with van der Waals surface area (Å²) >= 11 is 0. The van der Waals surface area contributed by atoms with Crippen LogP contribution in [0.1, 0.15) is 203 Å². The fourth-order valence-electron chi connectivity index (χ4n) is 17.7. The van der Waals surface area contributed by atoms with Crippen molar-refractivity contribution in [3.63, 3.8) is 0 Å². The van der Waals surface area contributed by atoms with Gasteiger partial charge in [-0.2, -0.15) is 0 Å². The van der Waals surface area contributed by atoms with E-state index < -0.39 is 17.2 Å². The highest BCUT2D eigenvalue weighted by Crippen LogP contribution is 2.67. The van der Waals surface area contributed by atoms with Crippen molar-refractivity contribution in [3.8, 4) is 0 Å². The van der Waals surface area contributed by atoms with Crippen molar-refractivity contribution < 1.29 is 36.6 Å². The molecule has 8 nitrogen and oxygen atoms in total. The molecule has 10 heteroatoms. The van der Waals surface area contributed by atoms with Crippen LogP contribution in [0, 0.1) is 128 Å².